The number of aromatic nitrogens is 6. The molecule has 6 rings (SSSR count). The van der Waals surface area contributed by atoms with Gasteiger partial charge < -0.3 is 4.90 Å². The van der Waals surface area contributed by atoms with Crippen molar-refractivity contribution in [2.24, 2.45) is 4.99 Å². The zero-order chi connectivity index (χ0) is 19.2. The van der Waals surface area contributed by atoms with Crippen LogP contribution in [0.3, 0.4) is 0 Å². The SMILES string of the molecule is c1cc(N2CC(=Nc3cc(C4CC4)[nH]n3)n3ccnc3C2)cc(-n2cccn2)c1. The largest absolute Gasteiger partial charge is 0.356 e. The molecule has 2 aliphatic rings. The predicted octanol–water partition coefficient (Wildman–Crippen LogP) is 3.27. The van der Waals surface area contributed by atoms with E-state index in [0.717, 1.165) is 35.4 Å². The van der Waals surface area contributed by atoms with Crippen molar-refractivity contribution in [2.75, 3.05) is 11.4 Å². The van der Waals surface area contributed by atoms with Crippen LogP contribution in [-0.4, -0.2) is 41.9 Å². The molecule has 8 nitrogen and oxygen atoms in total. The molecule has 0 bridgehead atoms. The first-order valence-corrected chi connectivity index (χ1v) is 9.84. The Bertz CT molecular complexity index is 1180. The van der Waals surface area contributed by atoms with Crippen LogP contribution in [-0.2, 0) is 6.54 Å². The molecule has 4 heterocycles. The second-order valence-electron chi connectivity index (χ2n) is 7.52. The van der Waals surface area contributed by atoms with Crippen molar-refractivity contribution in [3.63, 3.8) is 0 Å². The van der Waals surface area contributed by atoms with Crippen molar-refractivity contribution in [1.29, 1.82) is 0 Å². The number of imidazole rings is 1. The van der Waals surface area contributed by atoms with Crippen molar-refractivity contribution in [2.45, 2.75) is 25.3 Å². The van der Waals surface area contributed by atoms with Gasteiger partial charge in [-0.05, 0) is 37.1 Å². The quantitative estimate of drug-likeness (QED) is 0.586. The highest BCUT2D eigenvalue weighted by Gasteiger charge is 2.26. The van der Waals surface area contributed by atoms with Crippen LogP contribution in [0.2, 0.25) is 0 Å². The summed E-state index contributed by atoms with van der Waals surface area (Å²) in [7, 11) is 0. The van der Waals surface area contributed by atoms with E-state index in [0.29, 0.717) is 12.5 Å². The van der Waals surface area contributed by atoms with Crippen molar-refractivity contribution in [3.8, 4) is 5.69 Å². The van der Waals surface area contributed by atoms with Gasteiger partial charge in [0.15, 0.2) is 5.82 Å². The van der Waals surface area contributed by atoms with E-state index in [1.807, 2.05) is 29.3 Å². The third-order valence-electron chi connectivity index (χ3n) is 5.47. The highest BCUT2D eigenvalue weighted by molar-refractivity contribution is 5.92. The monoisotopic (exact) mass is 384 g/mol. The number of rotatable bonds is 4. The Labute approximate surface area is 167 Å². The fraction of sp³-hybridized carbons (Fsp3) is 0.238. The van der Waals surface area contributed by atoms with Crippen LogP contribution in [0.15, 0.2) is 66.2 Å². The molecule has 1 aromatic carbocycles. The molecular formula is C21H20N8. The van der Waals surface area contributed by atoms with E-state index in [1.165, 1.54) is 18.5 Å². The summed E-state index contributed by atoms with van der Waals surface area (Å²) in [4.78, 5) is 11.7. The molecule has 8 heteroatoms. The van der Waals surface area contributed by atoms with Gasteiger partial charge in [-0.15, -0.1) is 0 Å². The van der Waals surface area contributed by atoms with Crippen LogP contribution >= 0.6 is 0 Å². The lowest BCUT2D eigenvalue weighted by molar-refractivity contribution is 0.752. The molecule has 1 fully saturated rings. The molecular weight excluding hydrogens is 364 g/mol. The molecule has 0 amide bonds. The van der Waals surface area contributed by atoms with Gasteiger partial charge >= 0.3 is 0 Å². The number of benzene rings is 1. The van der Waals surface area contributed by atoms with Gasteiger partial charge in [0.25, 0.3) is 0 Å². The third kappa shape index (κ3) is 3.02. The number of H-pyrrole nitrogens is 1. The molecule has 1 aliphatic heterocycles. The summed E-state index contributed by atoms with van der Waals surface area (Å²) in [6.07, 6.45) is 10.0. The molecule has 1 N–H and O–H groups in total. The fourth-order valence-electron chi connectivity index (χ4n) is 3.80. The summed E-state index contributed by atoms with van der Waals surface area (Å²) < 4.78 is 3.94. The molecule has 4 aromatic rings. The molecule has 0 spiro atoms. The number of nitrogens with zero attached hydrogens (tertiary/aromatic N) is 7. The molecule has 29 heavy (non-hydrogen) atoms. The lowest BCUT2D eigenvalue weighted by Gasteiger charge is -2.30. The Morgan fingerprint density at radius 2 is 1.93 bits per heavy atom. The minimum Gasteiger partial charge on any atom is -0.356 e. The molecule has 0 radical (unpaired) electrons. The van der Waals surface area contributed by atoms with E-state index in [2.05, 4.69) is 60.1 Å². The molecule has 1 saturated carbocycles. The maximum absolute atomic E-state index is 4.85. The maximum Gasteiger partial charge on any atom is 0.175 e. The molecule has 0 atom stereocenters. The van der Waals surface area contributed by atoms with Gasteiger partial charge in [0, 0.05) is 48.2 Å². The second kappa shape index (κ2) is 6.44. The average molecular weight is 384 g/mol. The van der Waals surface area contributed by atoms with Gasteiger partial charge in [-0.25, -0.2) is 14.7 Å². The Hall–Kier alpha value is -3.68. The van der Waals surface area contributed by atoms with Crippen LogP contribution in [0.1, 0.15) is 30.3 Å². The Balaban J connectivity index is 1.34. The second-order valence-corrected chi connectivity index (χ2v) is 7.52. The zero-order valence-electron chi connectivity index (χ0n) is 15.8. The summed E-state index contributed by atoms with van der Waals surface area (Å²) in [6, 6.07) is 12.4. The van der Waals surface area contributed by atoms with Crippen LogP contribution in [0.25, 0.3) is 5.69 Å². The summed E-state index contributed by atoms with van der Waals surface area (Å²) >= 11 is 0. The van der Waals surface area contributed by atoms with Gasteiger partial charge in [-0.2, -0.15) is 10.2 Å². The van der Waals surface area contributed by atoms with E-state index < -0.39 is 0 Å². The third-order valence-corrected chi connectivity index (χ3v) is 5.47. The molecule has 0 saturated heterocycles. The normalized spacial score (nSPS) is 17.7. The topological polar surface area (TPSA) is 79.9 Å². The number of aromatic amines is 1. The summed E-state index contributed by atoms with van der Waals surface area (Å²) in [6.45, 7) is 1.40. The summed E-state index contributed by atoms with van der Waals surface area (Å²) in [5, 5.41) is 11.9. The van der Waals surface area contributed by atoms with E-state index in [-0.39, 0.29) is 0 Å². The number of hydrogen-bond donors (Lipinski definition) is 1. The minimum atomic E-state index is 0.633. The first-order valence-electron chi connectivity index (χ1n) is 9.84. The first kappa shape index (κ1) is 16.3. The lowest BCUT2D eigenvalue weighted by Crippen LogP contribution is -2.39. The first-order chi connectivity index (χ1) is 14.3. The predicted molar refractivity (Wildman–Crippen MR) is 110 cm³/mol. The maximum atomic E-state index is 4.85. The summed E-state index contributed by atoms with van der Waals surface area (Å²) in [5.74, 6) is 3.25. The van der Waals surface area contributed by atoms with Gasteiger partial charge in [0.05, 0.1) is 18.8 Å². The van der Waals surface area contributed by atoms with E-state index >= 15 is 0 Å². The minimum absolute atomic E-state index is 0.633. The highest BCUT2D eigenvalue weighted by atomic mass is 15.3. The lowest BCUT2D eigenvalue weighted by atomic mass is 10.2. The molecule has 0 unspecified atom stereocenters. The average Bonchev–Trinajstić information content (AvgIpc) is 3.17. The van der Waals surface area contributed by atoms with Gasteiger partial charge in [-0.1, -0.05) is 6.07 Å². The van der Waals surface area contributed by atoms with Gasteiger partial charge in [0.1, 0.15) is 11.7 Å². The Morgan fingerprint density at radius 3 is 2.79 bits per heavy atom. The Kier molecular flexibility index (Phi) is 3.62. The van der Waals surface area contributed by atoms with Crippen molar-refractivity contribution in [1.82, 2.24) is 29.5 Å². The van der Waals surface area contributed by atoms with E-state index in [1.54, 1.807) is 6.20 Å². The Morgan fingerprint density at radius 1 is 1.00 bits per heavy atom. The van der Waals surface area contributed by atoms with Crippen molar-refractivity contribution in [3.05, 3.63) is 72.7 Å². The van der Waals surface area contributed by atoms with Crippen LogP contribution in [0.5, 0.6) is 0 Å². The highest BCUT2D eigenvalue weighted by Crippen LogP contribution is 2.39. The van der Waals surface area contributed by atoms with Gasteiger partial charge in [0.2, 0.25) is 0 Å². The zero-order valence-corrected chi connectivity index (χ0v) is 15.8. The molecule has 144 valence electrons. The summed E-state index contributed by atoms with van der Waals surface area (Å²) in [5.41, 5.74) is 3.33. The fourth-order valence-corrected chi connectivity index (χ4v) is 3.80. The number of hydrogen-bond acceptors (Lipinski definition) is 5. The number of fused-ring (bicyclic) bond motifs is 1. The number of nitrogens with one attached hydrogen (secondary N) is 1. The van der Waals surface area contributed by atoms with Crippen LogP contribution < -0.4 is 4.90 Å². The standard InChI is InChI=1S/C21H20N8/c1-3-16(11-17(4-1)29-9-2-7-23-29)27-13-20-22-8-10-28(20)21(14-27)24-19-12-18(25-26-19)15-5-6-15/h1-4,7-12,15H,5-6,13-14H2,(H,25,26). The van der Waals surface area contributed by atoms with Crippen molar-refractivity contribution < 1.29 is 0 Å². The molecule has 3 aromatic heterocycles. The van der Waals surface area contributed by atoms with Crippen molar-refractivity contribution >= 4 is 17.3 Å². The number of aliphatic imine (C=N–C) groups is 1. The van der Waals surface area contributed by atoms with Crippen LogP contribution in [0.4, 0.5) is 11.5 Å². The number of anilines is 1. The van der Waals surface area contributed by atoms with E-state index in [4.69, 9.17) is 4.99 Å². The van der Waals surface area contributed by atoms with Crippen LogP contribution in [0, 0.1) is 0 Å². The molecule has 1 aliphatic carbocycles. The smallest absolute Gasteiger partial charge is 0.175 e. The van der Waals surface area contributed by atoms with Gasteiger partial charge in [-0.3, -0.25) is 9.67 Å². The van der Waals surface area contributed by atoms with E-state index in [9.17, 15) is 0 Å².